The van der Waals surface area contributed by atoms with Gasteiger partial charge in [0.2, 0.25) is 0 Å². The number of benzene rings is 2. The van der Waals surface area contributed by atoms with Crippen LogP contribution in [0.25, 0.3) is 16.9 Å². The normalized spacial score (nSPS) is 11.9. The van der Waals surface area contributed by atoms with Gasteiger partial charge < -0.3 is 10.3 Å². The van der Waals surface area contributed by atoms with Gasteiger partial charge in [-0.05, 0) is 36.2 Å². The van der Waals surface area contributed by atoms with Crippen molar-refractivity contribution in [1.29, 1.82) is 0 Å². The minimum Gasteiger partial charge on any atom is -0.341 e. The van der Waals surface area contributed by atoms with Gasteiger partial charge in [-0.3, -0.25) is 4.79 Å². The van der Waals surface area contributed by atoms with Gasteiger partial charge in [0.05, 0.1) is 23.6 Å². The van der Waals surface area contributed by atoms with Crippen molar-refractivity contribution in [2.24, 2.45) is 0 Å². The van der Waals surface area contributed by atoms with Crippen LogP contribution in [0.1, 0.15) is 35.7 Å². The van der Waals surface area contributed by atoms with Gasteiger partial charge in [0.25, 0.3) is 5.91 Å². The highest BCUT2D eigenvalue weighted by atomic mass is 35.5. The molecule has 0 spiro atoms. The number of halogens is 1. The Labute approximate surface area is 173 Å². The zero-order chi connectivity index (χ0) is 20.2. The Kier molecular flexibility index (Phi) is 5.44. The van der Waals surface area contributed by atoms with E-state index in [0.717, 1.165) is 16.9 Å². The highest BCUT2D eigenvalue weighted by molar-refractivity contribution is 6.30. The first-order chi connectivity index (χ1) is 14.1. The van der Waals surface area contributed by atoms with Gasteiger partial charge in [0, 0.05) is 11.2 Å². The van der Waals surface area contributed by atoms with Crippen molar-refractivity contribution >= 4 is 17.5 Å². The third kappa shape index (κ3) is 4.22. The number of H-pyrrole nitrogens is 1. The third-order valence-corrected chi connectivity index (χ3v) is 4.85. The summed E-state index contributed by atoms with van der Waals surface area (Å²) in [7, 11) is 0. The summed E-state index contributed by atoms with van der Waals surface area (Å²) in [6.07, 6.45) is 4.22. The number of nitrogens with one attached hydrogen (secondary N) is 2. The lowest BCUT2D eigenvalue weighted by atomic mass is 10.2. The summed E-state index contributed by atoms with van der Waals surface area (Å²) in [5.41, 5.74) is 3.09. The van der Waals surface area contributed by atoms with Crippen LogP contribution in [0.2, 0.25) is 5.02 Å². The van der Waals surface area contributed by atoms with E-state index in [4.69, 9.17) is 11.6 Å². The number of aromatic amines is 1. The number of rotatable bonds is 6. The fourth-order valence-corrected chi connectivity index (χ4v) is 3.27. The van der Waals surface area contributed by atoms with Gasteiger partial charge in [0.15, 0.2) is 5.69 Å². The lowest BCUT2D eigenvalue weighted by molar-refractivity contribution is 0.0928. The minimum absolute atomic E-state index is 0.240. The summed E-state index contributed by atoms with van der Waals surface area (Å²) in [5.74, 6) is 0.462. The first-order valence-corrected chi connectivity index (χ1v) is 9.74. The molecule has 4 aromatic rings. The molecule has 2 N–H and O–H groups in total. The van der Waals surface area contributed by atoms with Crippen LogP contribution in [-0.2, 0) is 0 Å². The van der Waals surface area contributed by atoms with Crippen LogP contribution in [0.15, 0.2) is 73.1 Å². The van der Waals surface area contributed by atoms with Gasteiger partial charge in [-0.2, -0.15) is 5.10 Å². The molecule has 0 aliphatic rings. The van der Waals surface area contributed by atoms with Crippen LogP contribution in [-0.4, -0.2) is 25.7 Å². The molecule has 0 radical (unpaired) electrons. The van der Waals surface area contributed by atoms with Crippen LogP contribution in [0.4, 0.5) is 0 Å². The molecular formula is C22H20ClN5O. The zero-order valence-corrected chi connectivity index (χ0v) is 16.6. The van der Waals surface area contributed by atoms with Gasteiger partial charge in [-0.15, -0.1) is 0 Å². The van der Waals surface area contributed by atoms with Crippen molar-refractivity contribution in [1.82, 2.24) is 25.1 Å². The van der Waals surface area contributed by atoms with Gasteiger partial charge >= 0.3 is 0 Å². The Morgan fingerprint density at radius 2 is 2.00 bits per heavy atom. The molecule has 2 aromatic heterocycles. The topological polar surface area (TPSA) is 75.6 Å². The Bertz CT molecular complexity index is 1120. The molecule has 0 saturated carbocycles. The number of aromatic nitrogens is 4. The Balaban J connectivity index is 1.49. The van der Waals surface area contributed by atoms with E-state index in [9.17, 15) is 4.79 Å². The molecule has 0 aliphatic heterocycles. The molecule has 2 heterocycles. The molecule has 4 rings (SSSR count). The van der Waals surface area contributed by atoms with Crippen molar-refractivity contribution in [3.8, 4) is 16.9 Å². The molecule has 0 fully saturated rings. The molecule has 6 nitrogen and oxygen atoms in total. The number of carbonyl (C=O) groups is 1. The molecule has 29 heavy (non-hydrogen) atoms. The van der Waals surface area contributed by atoms with E-state index in [2.05, 4.69) is 20.4 Å². The summed E-state index contributed by atoms with van der Waals surface area (Å²) >= 11 is 6.03. The van der Waals surface area contributed by atoms with Gasteiger partial charge in [-0.1, -0.05) is 54.9 Å². The SMILES string of the molecule is CCC(NC(=O)c1ccn(-c2cccc(Cl)c2)n1)c1ncc(-c2ccccc2)[nH]1. The Morgan fingerprint density at radius 3 is 2.76 bits per heavy atom. The molecule has 0 aliphatic carbocycles. The number of imidazole rings is 1. The summed E-state index contributed by atoms with van der Waals surface area (Å²) in [4.78, 5) is 20.5. The maximum absolute atomic E-state index is 12.7. The summed E-state index contributed by atoms with van der Waals surface area (Å²) in [5, 5.41) is 7.99. The second kappa shape index (κ2) is 8.32. The number of nitrogens with zero attached hydrogens (tertiary/aromatic N) is 3. The van der Waals surface area contributed by atoms with Gasteiger partial charge in [-0.25, -0.2) is 9.67 Å². The highest BCUT2D eigenvalue weighted by Gasteiger charge is 2.19. The van der Waals surface area contributed by atoms with E-state index in [0.29, 0.717) is 23.0 Å². The average molecular weight is 406 g/mol. The number of amides is 1. The molecular weight excluding hydrogens is 386 g/mol. The lowest BCUT2D eigenvalue weighted by Crippen LogP contribution is -2.29. The highest BCUT2D eigenvalue weighted by Crippen LogP contribution is 2.21. The molecule has 0 bridgehead atoms. The summed E-state index contributed by atoms with van der Waals surface area (Å²) in [6, 6.07) is 18.7. The molecule has 2 aromatic carbocycles. The van der Waals surface area contributed by atoms with Crippen molar-refractivity contribution in [3.05, 3.63) is 89.6 Å². The van der Waals surface area contributed by atoms with E-state index in [1.807, 2.05) is 49.4 Å². The van der Waals surface area contributed by atoms with Crippen molar-refractivity contribution in [2.75, 3.05) is 0 Å². The largest absolute Gasteiger partial charge is 0.341 e. The molecule has 1 amide bonds. The smallest absolute Gasteiger partial charge is 0.272 e. The fourth-order valence-electron chi connectivity index (χ4n) is 3.08. The monoisotopic (exact) mass is 405 g/mol. The Morgan fingerprint density at radius 1 is 1.17 bits per heavy atom. The average Bonchev–Trinajstić information content (AvgIpc) is 3.43. The van der Waals surface area contributed by atoms with Crippen LogP contribution in [0.5, 0.6) is 0 Å². The molecule has 1 atom stereocenters. The van der Waals surface area contributed by atoms with Crippen molar-refractivity contribution in [2.45, 2.75) is 19.4 Å². The lowest BCUT2D eigenvalue weighted by Gasteiger charge is -2.13. The first-order valence-electron chi connectivity index (χ1n) is 9.37. The van der Waals surface area contributed by atoms with E-state index < -0.39 is 0 Å². The van der Waals surface area contributed by atoms with Crippen LogP contribution >= 0.6 is 11.6 Å². The van der Waals surface area contributed by atoms with Crippen molar-refractivity contribution < 1.29 is 4.79 Å². The molecule has 146 valence electrons. The molecule has 1 unspecified atom stereocenters. The van der Waals surface area contributed by atoms with E-state index in [-0.39, 0.29) is 11.9 Å². The van der Waals surface area contributed by atoms with E-state index >= 15 is 0 Å². The minimum atomic E-state index is -0.254. The standard InChI is InChI=1S/C22H20ClN5O/c1-2-18(21-24-14-20(25-21)15-7-4-3-5-8-15)26-22(29)19-11-12-28(27-19)17-10-6-9-16(23)13-17/h3-14,18H,2H2,1H3,(H,24,25)(H,26,29). The fraction of sp³-hybridized carbons (Fsp3) is 0.136. The number of hydrogen-bond donors (Lipinski definition) is 2. The predicted molar refractivity (Wildman–Crippen MR) is 113 cm³/mol. The molecule has 0 saturated heterocycles. The van der Waals surface area contributed by atoms with Gasteiger partial charge in [0.1, 0.15) is 5.82 Å². The van der Waals surface area contributed by atoms with Crippen molar-refractivity contribution in [3.63, 3.8) is 0 Å². The summed E-state index contributed by atoms with van der Waals surface area (Å²) < 4.78 is 1.63. The second-order valence-corrected chi connectivity index (χ2v) is 7.04. The predicted octanol–water partition coefficient (Wildman–Crippen LogP) is 4.80. The quantitative estimate of drug-likeness (QED) is 0.484. The first kappa shape index (κ1) is 19.0. The van der Waals surface area contributed by atoms with E-state index in [1.165, 1.54) is 0 Å². The summed E-state index contributed by atoms with van der Waals surface area (Å²) in [6.45, 7) is 2.00. The van der Waals surface area contributed by atoms with Crippen LogP contribution < -0.4 is 5.32 Å². The Hall–Kier alpha value is -3.38. The zero-order valence-electron chi connectivity index (χ0n) is 15.8. The van der Waals surface area contributed by atoms with Crippen LogP contribution in [0.3, 0.4) is 0 Å². The van der Waals surface area contributed by atoms with E-state index in [1.54, 1.807) is 35.3 Å². The molecule has 7 heteroatoms. The maximum Gasteiger partial charge on any atom is 0.272 e. The third-order valence-electron chi connectivity index (χ3n) is 4.62. The van der Waals surface area contributed by atoms with Crippen LogP contribution in [0, 0.1) is 0 Å². The number of carbonyl (C=O) groups excluding carboxylic acids is 1. The maximum atomic E-state index is 12.7. The number of hydrogen-bond acceptors (Lipinski definition) is 3. The second-order valence-electron chi connectivity index (χ2n) is 6.61.